The molecule has 150 valence electrons. The van der Waals surface area contributed by atoms with Gasteiger partial charge in [-0.15, -0.1) is 5.06 Å². The fraction of sp³-hybridized carbons (Fsp3) is 0.765. The summed E-state index contributed by atoms with van der Waals surface area (Å²) < 4.78 is 0. The molecule has 0 bridgehead atoms. The quantitative estimate of drug-likeness (QED) is 0.290. The normalized spacial score (nSPS) is 10.5. The second-order valence-corrected chi connectivity index (χ2v) is 6.68. The van der Waals surface area contributed by atoms with Crippen molar-refractivity contribution in [3.05, 3.63) is 0 Å². The molecule has 0 saturated carbocycles. The standard InChI is InChI=1S/C17H32N4O5/c1-13(2)9-8-11-15(23)21(26)17(25)19-12-7-5-4-6-10-14(22)20(3)16(18)24/h13,26H,4-12H2,1-3H3,(H2,18,24)(H,19,25). The molecule has 4 N–H and O–H groups in total. The Morgan fingerprint density at radius 2 is 1.54 bits per heavy atom. The van der Waals surface area contributed by atoms with E-state index in [1.54, 1.807) is 0 Å². The number of unbranched alkanes of at least 4 members (excludes halogenated alkanes) is 3. The molecule has 0 aliphatic heterocycles. The zero-order valence-corrected chi connectivity index (χ0v) is 16.0. The van der Waals surface area contributed by atoms with E-state index >= 15 is 0 Å². The number of nitrogens with one attached hydrogen (secondary N) is 1. The molecule has 0 unspecified atom stereocenters. The third kappa shape index (κ3) is 10.7. The van der Waals surface area contributed by atoms with Crippen molar-refractivity contribution in [1.82, 2.24) is 15.3 Å². The van der Waals surface area contributed by atoms with Crippen molar-refractivity contribution >= 4 is 23.9 Å². The van der Waals surface area contributed by atoms with Crippen LogP contribution in [0.4, 0.5) is 9.59 Å². The monoisotopic (exact) mass is 372 g/mol. The zero-order valence-electron chi connectivity index (χ0n) is 16.0. The van der Waals surface area contributed by atoms with E-state index in [1.165, 1.54) is 7.05 Å². The molecular weight excluding hydrogens is 340 g/mol. The molecule has 9 nitrogen and oxygen atoms in total. The first kappa shape index (κ1) is 23.8. The van der Waals surface area contributed by atoms with Gasteiger partial charge in [0.2, 0.25) is 5.91 Å². The highest BCUT2D eigenvalue weighted by molar-refractivity contribution is 5.93. The van der Waals surface area contributed by atoms with Crippen LogP contribution in [0.25, 0.3) is 0 Å². The van der Waals surface area contributed by atoms with Gasteiger partial charge in [-0.05, 0) is 25.2 Å². The summed E-state index contributed by atoms with van der Waals surface area (Å²) in [6.07, 6.45) is 4.65. The maximum absolute atomic E-state index is 11.7. The molecule has 26 heavy (non-hydrogen) atoms. The van der Waals surface area contributed by atoms with Gasteiger partial charge in [-0.2, -0.15) is 0 Å². The third-order valence-corrected chi connectivity index (χ3v) is 3.90. The molecule has 0 fully saturated rings. The molecule has 0 spiro atoms. The van der Waals surface area contributed by atoms with Gasteiger partial charge in [-0.1, -0.05) is 33.1 Å². The number of hydroxylamine groups is 2. The highest BCUT2D eigenvalue weighted by Gasteiger charge is 2.18. The van der Waals surface area contributed by atoms with Gasteiger partial charge < -0.3 is 11.1 Å². The van der Waals surface area contributed by atoms with Gasteiger partial charge in [-0.3, -0.25) is 19.7 Å². The zero-order chi connectivity index (χ0) is 20.1. The first-order valence-corrected chi connectivity index (χ1v) is 9.02. The average molecular weight is 372 g/mol. The third-order valence-electron chi connectivity index (χ3n) is 3.90. The minimum atomic E-state index is -0.821. The largest absolute Gasteiger partial charge is 0.351 e. The fourth-order valence-corrected chi connectivity index (χ4v) is 2.20. The van der Waals surface area contributed by atoms with E-state index in [9.17, 15) is 24.4 Å². The summed E-state index contributed by atoms with van der Waals surface area (Å²) in [5.41, 5.74) is 5.00. The number of amides is 6. The summed E-state index contributed by atoms with van der Waals surface area (Å²) in [5.74, 6) is -0.465. The predicted octanol–water partition coefficient (Wildman–Crippen LogP) is 2.23. The molecule has 0 saturated heterocycles. The van der Waals surface area contributed by atoms with Crippen LogP contribution in [-0.4, -0.2) is 52.6 Å². The van der Waals surface area contributed by atoms with Crippen LogP contribution < -0.4 is 11.1 Å². The topological polar surface area (TPSA) is 133 Å². The van der Waals surface area contributed by atoms with Gasteiger partial charge in [0.15, 0.2) is 0 Å². The van der Waals surface area contributed by atoms with E-state index in [4.69, 9.17) is 5.73 Å². The maximum atomic E-state index is 11.7. The first-order chi connectivity index (χ1) is 12.2. The SMILES string of the molecule is CC(C)CCCC(=O)N(O)C(=O)NCCCCCCC(=O)N(C)C(N)=O. The Morgan fingerprint density at radius 1 is 0.962 bits per heavy atom. The molecule has 0 aromatic carbocycles. The molecule has 6 amide bonds. The molecule has 0 radical (unpaired) electrons. The second kappa shape index (κ2) is 13.1. The van der Waals surface area contributed by atoms with E-state index in [0.29, 0.717) is 31.7 Å². The number of hydrogen-bond acceptors (Lipinski definition) is 5. The second-order valence-electron chi connectivity index (χ2n) is 6.68. The highest BCUT2D eigenvalue weighted by atomic mass is 16.5. The minimum Gasteiger partial charge on any atom is -0.351 e. The van der Waals surface area contributed by atoms with E-state index < -0.39 is 18.0 Å². The molecule has 0 aliphatic carbocycles. The van der Waals surface area contributed by atoms with Crippen LogP contribution in [0.15, 0.2) is 0 Å². The Hall–Kier alpha value is -2.16. The Labute approximate surface area is 154 Å². The van der Waals surface area contributed by atoms with E-state index in [1.807, 2.05) is 13.8 Å². The molecule has 0 aromatic rings. The van der Waals surface area contributed by atoms with Gasteiger partial charge in [0.1, 0.15) is 0 Å². The van der Waals surface area contributed by atoms with Gasteiger partial charge in [0.05, 0.1) is 0 Å². The van der Waals surface area contributed by atoms with Crippen LogP contribution in [0.5, 0.6) is 0 Å². The molecule has 9 heteroatoms. The maximum Gasteiger partial charge on any atom is 0.348 e. The number of urea groups is 2. The Bertz CT molecular complexity index is 482. The smallest absolute Gasteiger partial charge is 0.348 e. The summed E-state index contributed by atoms with van der Waals surface area (Å²) in [6.45, 7) is 4.41. The lowest BCUT2D eigenvalue weighted by atomic mass is 10.1. The van der Waals surface area contributed by atoms with E-state index in [0.717, 1.165) is 24.2 Å². The predicted molar refractivity (Wildman–Crippen MR) is 96.2 cm³/mol. The van der Waals surface area contributed by atoms with Crippen LogP contribution in [0.3, 0.4) is 0 Å². The van der Waals surface area contributed by atoms with Gasteiger partial charge in [-0.25, -0.2) is 9.59 Å². The van der Waals surface area contributed by atoms with Crippen molar-refractivity contribution in [3.63, 3.8) is 0 Å². The number of imide groups is 2. The summed E-state index contributed by atoms with van der Waals surface area (Å²) in [5, 5.41) is 12.2. The lowest BCUT2D eigenvalue weighted by Crippen LogP contribution is -2.41. The summed E-state index contributed by atoms with van der Waals surface area (Å²) in [4.78, 5) is 46.5. The van der Waals surface area contributed by atoms with Crippen molar-refractivity contribution in [1.29, 1.82) is 0 Å². The van der Waals surface area contributed by atoms with Crippen LogP contribution in [0, 0.1) is 5.92 Å². The number of nitrogens with zero attached hydrogens (tertiary/aromatic N) is 2. The lowest BCUT2D eigenvalue weighted by molar-refractivity contribution is -0.152. The van der Waals surface area contributed by atoms with Gasteiger partial charge >= 0.3 is 12.1 Å². The average Bonchev–Trinajstić information content (AvgIpc) is 2.58. The number of rotatable bonds is 11. The molecule has 0 heterocycles. The first-order valence-electron chi connectivity index (χ1n) is 9.02. The van der Waals surface area contributed by atoms with Crippen molar-refractivity contribution in [2.45, 2.75) is 65.2 Å². The van der Waals surface area contributed by atoms with Crippen molar-refractivity contribution < 1.29 is 24.4 Å². The molecule has 0 aromatic heterocycles. The van der Waals surface area contributed by atoms with E-state index in [-0.39, 0.29) is 23.8 Å². The Kier molecular flexibility index (Phi) is 12.0. The summed E-state index contributed by atoms with van der Waals surface area (Å²) in [6, 6.07) is -1.59. The van der Waals surface area contributed by atoms with E-state index in [2.05, 4.69) is 5.32 Å². The summed E-state index contributed by atoms with van der Waals surface area (Å²) in [7, 11) is 1.34. The lowest BCUT2D eigenvalue weighted by Gasteiger charge is -2.14. The molecule has 0 atom stereocenters. The number of hydrogen-bond donors (Lipinski definition) is 3. The Balaban J connectivity index is 3.77. The van der Waals surface area contributed by atoms with Crippen LogP contribution >= 0.6 is 0 Å². The Morgan fingerprint density at radius 3 is 2.12 bits per heavy atom. The van der Waals surface area contributed by atoms with Gasteiger partial charge in [0, 0.05) is 26.4 Å². The summed E-state index contributed by atoms with van der Waals surface area (Å²) >= 11 is 0. The van der Waals surface area contributed by atoms with Crippen molar-refractivity contribution in [3.8, 4) is 0 Å². The fourth-order valence-electron chi connectivity index (χ4n) is 2.20. The van der Waals surface area contributed by atoms with Gasteiger partial charge in [0.25, 0.3) is 5.91 Å². The number of carbonyl (C=O) groups excluding carboxylic acids is 4. The number of nitrogens with two attached hydrogens (primary N) is 1. The van der Waals surface area contributed by atoms with Crippen LogP contribution in [0.1, 0.15) is 65.2 Å². The number of primary amides is 1. The molecular formula is C17H32N4O5. The van der Waals surface area contributed by atoms with Crippen LogP contribution in [-0.2, 0) is 9.59 Å². The molecule has 0 rings (SSSR count). The van der Waals surface area contributed by atoms with Crippen molar-refractivity contribution in [2.75, 3.05) is 13.6 Å². The minimum absolute atomic E-state index is 0.135. The number of carbonyl (C=O) groups is 4. The van der Waals surface area contributed by atoms with Crippen molar-refractivity contribution in [2.24, 2.45) is 11.7 Å². The highest BCUT2D eigenvalue weighted by Crippen LogP contribution is 2.08. The molecule has 0 aliphatic rings. The van der Waals surface area contributed by atoms with Crippen LogP contribution in [0.2, 0.25) is 0 Å².